The van der Waals surface area contributed by atoms with Crippen molar-refractivity contribution in [2.24, 2.45) is 0 Å². The average molecular weight is 332 g/mol. The highest BCUT2D eigenvalue weighted by Gasteiger charge is 2.00. The summed E-state index contributed by atoms with van der Waals surface area (Å²) in [4.78, 5) is 4.26. The van der Waals surface area contributed by atoms with Gasteiger partial charge in [0.2, 0.25) is 0 Å². The van der Waals surface area contributed by atoms with Crippen molar-refractivity contribution in [3.05, 3.63) is 40.4 Å². The monoisotopic (exact) mass is 330 g/mol. The van der Waals surface area contributed by atoms with E-state index in [2.05, 4.69) is 47.2 Å². The molecule has 0 aliphatic carbocycles. The second-order valence-corrected chi connectivity index (χ2v) is 4.49. The molecule has 2 heterocycles. The van der Waals surface area contributed by atoms with Crippen LogP contribution in [-0.4, -0.2) is 20.0 Å². The van der Waals surface area contributed by atoms with Crippen LogP contribution >= 0.6 is 31.9 Å². The normalized spacial score (nSPS) is 10.5. The van der Waals surface area contributed by atoms with Gasteiger partial charge in [-0.3, -0.25) is 4.98 Å². The quantitative estimate of drug-likeness (QED) is 0.811. The largest absolute Gasteiger partial charge is 0.258 e. The summed E-state index contributed by atoms with van der Waals surface area (Å²) in [6.45, 7) is 0.646. The molecule has 0 spiro atoms. The molecule has 0 saturated carbocycles. The van der Waals surface area contributed by atoms with Crippen LogP contribution < -0.4 is 0 Å². The standard InChI is InChI=1S/C9H8Br2N4/c10-3-9-6-15(14-13-9)5-8-2-1-7(11)4-12-8/h1-2,4,6H,3,5H2. The number of rotatable bonds is 3. The van der Waals surface area contributed by atoms with E-state index in [0.717, 1.165) is 21.2 Å². The van der Waals surface area contributed by atoms with Crippen molar-refractivity contribution in [3.63, 3.8) is 0 Å². The summed E-state index contributed by atoms with van der Waals surface area (Å²) >= 11 is 6.67. The summed E-state index contributed by atoms with van der Waals surface area (Å²) in [6.07, 6.45) is 3.68. The van der Waals surface area contributed by atoms with Crippen molar-refractivity contribution in [1.82, 2.24) is 20.0 Å². The van der Waals surface area contributed by atoms with E-state index in [9.17, 15) is 0 Å². The summed E-state index contributed by atoms with van der Waals surface area (Å²) in [7, 11) is 0. The Labute approximate surface area is 104 Å². The molecule has 2 aromatic rings. The van der Waals surface area contributed by atoms with Gasteiger partial charge in [-0.25, -0.2) is 4.68 Å². The highest BCUT2D eigenvalue weighted by atomic mass is 79.9. The van der Waals surface area contributed by atoms with Crippen LogP contribution in [0.25, 0.3) is 0 Å². The van der Waals surface area contributed by atoms with E-state index < -0.39 is 0 Å². The number of aromatic nitrogens is 4. The van der Waals surface area contributed by atoms with Crippen molar-refractivity contribution >= 4 is 31.9 Å². The smallest absolute Gasteiger partial charge is 0.0932 e. The van der Waals surface area contributed by atoms with Gasteiger partial charge >= 0.3 is 0 Å². The summed E-state index contributed by atoms with van der Waals surface area (Å²) in [5.74, 6) is 0. The third-order valence-corrected chi connectivity index (χ3v) is 2.88. The highest BCUT2D eigenvalue weighted by molar-refractivity contribution is 9.10. The van der Waals surface area contributed by atoms with Gasteiger partial charge in [-0.15, -0.1) is 5.10 Å². The first-order chi connectivity index (χ1) is 7.28. The maximum atomic E-state index is 4.26. The fourth-order valence-corrected chi connectivity index (χ4v) is 1.63. The number of hydrogen-bond donors (Lipinski definition) is 0. The SMILES string of the molecule is BrCc1cn(Cc2ccc(Br)cn2)nn1. The second kappa shape index (κ2) is 4.85. The zero-order chi connectivity index (χ0) is 10.7. The van der Waals surface area contributed by atoms with Gasteiger partial charge in [-0.05, 0) is 28.1 Å². The summed E-state index contributed by atoms with van der Waals surface area (Å²) in [6, 6.07) is 3.92. The van der Waals surface area contributed by atoms with E-state index in [4.69, 9.17) is 0 Å². The minimum Gasteiger partial charge on any atom is -0.258 e. The predicted molar refractivity (Wildman–Crippen MR) is 63.7 cm³/mol. The van der Waals surface area contributed by atoms with Gasteiger partial charge in [0.05, 0.1) is 17.9 Å². The Balaban J connectivity index is 2.11. The molecule has 0 aliphatic rings. The molecule has 2 aromatic heterocycles. The maximum Gasteiger partial charge on any atom is 0.0932 e. The first kappa shape index (κ1) is 10.8. The molecule has 0 saturated heterocycles. The van der Waals surface area contributed by atoms with Crippen molar-refractivity contribution in [1.29, 1.82) is 0 Å². The van der Waals surface area contributed by atoms with Gasteiger partial charge in [-0.1, -0.05) is 21.1 Å². The Kier molecular flexibility index (Phi) is 3.48. The lowest BCUT2D eigenvalue weighted by Crippen LogP contribution is -2.02. The lowest BCUT2D eigenvalue weighted by atomic mass is 10.3. The van der Waals surface area contributed by atoms with Gasteiger partial charge in [-0.2, -0.15) is 0 Å². The molecule has 0 bridgehead atoms. The van der Waals surface area contributed by atoms with E-state index in [1.54, 1.807) is 10.9 Å². The minimum atomic E-state index is 0.646. The van der Waals surface area contributed by atoms with E-state index in [0.29, 0.717) is 6.54 Å². The van der Waals surface area contributed by atoms with Gasteiger partial charge in [0.15, 0.2) is 0 Å². The summed E-state index contributed by atoms with van der Waals surface area (Å²) < 4.78 is 2.75. The van der Waals surface area contributed by atoms with Crippen LogP contribution in [0, 0.1) is 0 Å². The van der Waals surface area contributed by atoms with Crippen molar-refractivity contribution in [2.45, 2.75) is 11.9 Å². The Bertz CT molecular complexity index is 438. The van der Waals surface area contributed by atoms with Gasteiger partial charge in [0.1, 0.15) is 0 Å². The van der Waals surface area contributed by atoms with Gasteiger partial charge < -0.3 is 0 Å². The van der Waals surface area contributed by atoms with Crippen LogP contribution in [0.5, 0.6) is 0 Å². The molecule has 0 atom stereocenters. The molecule has 0 aliphatic heterocycles. The number of halogens is 2. The average Bonchev–Trinajstić information content (AvgIpc) is 2.69. The van der Waals surface area contributed by atoms with E-state index in [1.807, 2.05) is 18.3 Å². The molecule has 78 valence electrons. The van der Waals surface area contributed by atoms with Crippen LogP contribution in [0.4, 0.5) is 0 Å². The molecule has 15 heavy (non-hydrogen) atoms. The molecule has 0 amide bonds. The van der Waals surface area contributed by atoms with Crippen LogP contribution in [0.3, 0.4) is 0 Å². The molecule has 0 radical (unpaired) electrons. The van der Waals surface area contributed by atoms with Gasteiger partial charge in [0, 0.05) is 22.2 Å². The zero-order valence-electron chi connectivity index (χ0n) is 7.77. The Hall–Kier alpha value is -0.750. The third-order valence-electron chi connectivity index (χ3n) is 1.84. The Morgan fingerprint density at radius 1 is 1.27 bits per heavy atom. The maximum absolute atomic E-state index is 4.26. The minimum absolute atomic E-state index is 0.646. The van der Waals surface area contributed by atoms with Crippen LogP contribution in [-0.2, 0) is 11.9 Å². The fraction of sp³-hybridized carbons (Fsp3) is 0.222. The van der Waals surface area contributed by atoms with Crippen LogP contribution in [0.1, 0.15) is 11.4 Å². The first-order valence-electron chi connectivity index (χ1n) is 4.33. The molecule has 0 unspecified atom stereocenters. The Morgan fingerprint density at radius 2 is 2.13 bits per heavy atom. The molecule has 0 N–H and O–H groups in total. The molecule has 0 fully saturated rings. The summed E-state index contributed by atoms with van der Waals surface area (Å²) in [5.41, 5.74) is 1.89. The first-order valence-corrected chi connectivity index (χ1v) is 6.25. The van der Waals surface area contributed by atoms with E-state index in [1.165, 1.54) is 0 Å². The second-order valence-electron chi connectivity index (χ2n) is 3.01. The molecule has 4 nitrogen and oxygen atoms in total. The number of nitrogens with zero attached hydrogens (tertiary/aromatic N) is 4. The third kappa shape index (κ3) is 2.85. The highest BCUT2D eigenvalue weighted by Crippen LogP contribution is 2.08. The molecular formula is C9H8Br2N4. The van der Waals surface area contributed by atoms with Gasteiger partial charge in [0.25, 0.3) is 0 Å². The van der Waals surface area contributed by atoms with Crippen molar-refractivity contribution in [2.75, 3.05) is 0 Å². The Morgan fingerprint density at radius 3 is 2.73 bits per heavy atom. The van der Waals surface area contributed by atoms with E-state index in [-0.39, 0.29) is 0 Å². The number of pyridine rings is 1. The van der Waals surface area contributed by atoms with Crippen LogP contribution in [0.2, 0.25) is 0 Å². The number of alkyl halides is 1. The molecule has 0 aromatic carbocycles. The molecule has 6 heteroatoms. The predicted octanol–water partition coefficient (Wildman–Crippen LogP) is 2.38. The molecule has 2 rings (SSSR count). The summed E-state index contributed by atoms with van der Waals surface area (Å²) in [5, 5.41) is 8.69. The zero-order valence-corrected chi connectivity index (χ0v) is 10.9. The lowest BCUT2D eigenvalue weighted by Gasteiger charge is -1.99. The molecular weight excluding hydrogens is 324 g/mol. The fourth-order valence-electron chi connectivity index (χ4n) is 1.14. The van der Waals surface area contributed by atoms with Crippen molar-refractivity contribution in [3.8, 4) is 0 Å². The topological polar surface area (TPSA) is 43.6 Å². The van der Waals surface area contributed by atoms with E-state index >= 15 is 0 Å². The lowest BCUT2D eigenvalue weighted by molar-refractivity contribution is 0.638. The van der Waals surface area contributed by atoms with Crippen molar-refractivity contribution < 1.29 is 0 Å². The number of hydrogen-bond acceptors (Lipinski definition) is 3. The van der Waals surface area contributed by atoms with Crippen LogP contribution in [0.15, 0.2) is 29.0 Å².